The van der Waals surface area contributed by atoms with Crippen LogP contribution in [0.4, 0.5) is 22.0 Å². The second-order valence-corrected chi connectivity index (χ2v) is 9.43. The highest BCUT2D eigenvalue weighted by Crippen LogP contribution is 2.31. The van der Waals surface area contributed by atoms with Crippen molar-refractivity contribution in [1.29, 1.82) is 0 Å². The van der Waals surface area contributed by atoms with Crippen molar-refractivity contribution >= 4 is 40.0 Å². The molecule has 12 heteroatoms. The lowest BCUT2D eigenvalue weighted by Crippen LogP contribution is -2.42. The Balaban J connectivity index is 1.55. The molecule has 1 aliphatic rings. The molecule has 0 bridgehead atoms. The molecule has 2 heterocycles. The quantitative estimate of drug-likeness (QED) is 0.265. The fourth-order valence-corrected chi connectivity index (χ4v) is 4.84. The first-order chi connectivity index (χ1) is 17.8. The van der Waals surface area contributed by atoms with Gasteiger partial charge in [0.15, 0.2) is 11.6 Å². The lowest BCUT2D eigenvalue weighted by molar-refractivity contribution is -0.274. The Hall–Kier alpha value is -3.47. The van der Waals surface area contributed by atoms with Crippen LogP contribution in [0.15, 0.2) is 42.6 Å². The topological polar surface area (TPSA) is 68.6 Å². The summed E-state index contributed by atoms with van der Waals surface area (Å²) in [7, 11) is 0. The van der Waals surface area contributed by atoms with Gasteiger partial charge in [-0.05, 0) is 37.1 Å². The number of nitrogens with zero attached hydrogens (tertiary/aromatic N) is 2. The molecule has 0 aliphatic carbocycles. The van der Waals surface area contributed by atoms with E-state index in [1.165, 1.54) is 42.0 Å². The van der Waals surface area contributed by atoms with Gasteiger partial charge in [-0.3, -0.25) is 14.4 Å². The van der Waals surface area contributed by atoms with E-state index in [-0.39, 0.29) is 53.3 Å². The Morgan fingerprint density at radius 2 is 1.89 bits per heavy atom. The monoisotopic (exact) mass is 556 g/mol. The Bertz CT molecular complexity index is 1400. The maximum absolute atomic E-state index is 14.3. The van der Waals surface area contributed by atoms with Crippen molar-refractivity contribution in [3.63, 3.8) is 0 Å². The maximum atomic E-state index is 14.3. The molecule has 38 heavy (non-hydrogen) atoms. The second kappa shape index (κ2) is 10.7. The SMILES string of the molecule is CC(=O)c1cn(CC(=O)N2C[C@H](F)C[C@H]2C(=O)CCc2cccc(Cl)c2F)c2cc(OC(F)(F)F)ccc12. The Morgan fingerprint density at radius 3 is 2.58 bits per heavy atom. The minimum atomic E-state index is -4.95. The summed E-state index contributed by atoms with van der Waals surface area (Å²) in [5, 5.41) is 0.213. The fourth-order valence-electron chi connectivity index (χ4n) is 4.65. The van der Waals surface area contributed by atoms with Crippen molar-refractivity contribution in [2.24, 2.45) is 0 Å². The summed E-state index contributed by atoms with van der Waals surface area (Å²) in [6, 6.07) is 6.68. The van der Waals surface area contributed by atoms with E-state index in [0.29, 0.717) is 5.39 Å². The van der Waals surface area contributed by atoms with Crippen molar-refractivity contribution in [3.8, 4) is 5.75 Å². The first-order valence-electron chi connectivity index (χ1n) is 11.6. The lowest BCUT2D eigenvalue weighted by atomic mass is 10.0. The average Bonchev–Trinajstić information content (AvgIpc) is 3.39. The van der Waals surface area contributed by atoms with Crippen molar-refractivity contribution < 1.29 is 41.1 Å². The van der Waals surface area contributed by atoms with Crippen molar-refractivity contribution in [2.45, 2.75) is 51.3 Å². The lowest BCUT2D eigenvalue weighted by Gasteiger charge is -2.24. The molecule has 1 aliphatic heterocycles. The van der Waals surface area contributed by atoms with Gasteiger partial charge in [-0.2, -0.15) is 0 Å². The highest BCUT2D eigenvalue weighted by Gasteiger charge is 2.39. The molecule has 0 N–H and O–H groups in total. The number of ether oxygens (including phenoxy) is 1. The molecule has 0 spiro atoms. The van der Waals surface area contributed by atoms with Crippen LogP contribution in [0.2, 0.25) is 5.02 Å². The molecule has 0 unspecified atom stereocenters. The van der Waals surface area contributed by atoms with E-state index >= 15 is 0 Å². The fraction of sp³-hybridized carbons (Fsp3) is 0.346. The number of hydrogen-bond acceptors (Lipinski definition) is 4. The van der Waals surface area contributed by atoms with Crippen LogP contribution in [-0.4, -0.2) is 52.1 Å². The van der Waals surface area contributed by atoms with E-state index in [1.807, 2.05) is 0 Å². The van der Waals surface area contributed by atoms with Crippen molar-refractivity contribution in [3.05, 3.63) is 64.6 Å². The first kappa shape index (κ1) is 27.6. The Morgan fingerprint density at radius 1 is 1.16 bits per heavy atom. The van der Waals surface area contributed by atoms with Crippen molar-refractivity contribution in [1.82, 2.24) is 9.47 Å². The normalized spacial score (nSPS) is 17.7. The number of Topliss-reactive ketones (excluding diaryl/α,β-unsaturated/α-hetero) is 2. The zero-order valence-corrected chi connectivity index (χ0v) is 20.8. The molecule has 1 fully saturated rings. The van der Waals surface area contributed by atoms with Crippen molar-refractivity contribution in [2.75, 3.05) is 6.54 Å². The van der Waals surface area contributed by atoms with E-state index in [4.69, 9.17) is 11.6 Å². The highest BCUT2D eigenvalue weighted by atomic mass is 35.5. The molecule has 1 saturated heterocycles. The van der Waals surface area contributed by atoms with Gasteiger partial charge in [0.2, 0.25) is 5.91 Å². The van der Waals surface area contributed by atoms with Gasteiger partial charge >= 0.3 is 6.36 Å². The molecule has 4 rings (SSSR count). The minimum Gasteiger partial charge on any atom is -0.406 e. The molecule has 3 aromatic rings. The van der Waals surface area contributed by atoms with Crippen LogP contribution in [0.3, 0.4) is 0 Å². The van der Waals surface area contributed by atoms with Gasteiger partial charge in [0.1, 0.15) is 24.3 Å². The summed E-state index contributed by atoms with van der Waals surface area (Å²) in [5.41, 5.74) is 0.513. The maximum Gasteiger partial charge on any atom is 0.573 e. The summed E-state index contributed by atoms with van der Waals surface area (Å²) in [6.07, 6.45) is -5.46. The smallest absolute Gasteiger partial charge is 0.406 e. The van der Waals surface area contributed by atoms with Crippen LogP contribution >= 0.6 is 11.6 Å². The summed E-state index contributed by atoms with van der Waals surface area (Å²) < 4.78 is 71.9. The van der Waals surface area contributed by atoms with Crippen LogP contribution in [-0.2, 0) is 22.6 Å². The first-order valence-corrected chi connectivity index (χ1v) is 12.0. The predicted molar refractivity (Wildman–Crippen MR) is 128 cm³/mol. The molecule has 202 valence electrons. The number of benzene rings is 2. The van der Waals surface area contributed by atoms with Gasteiger partial charge in [0.05, 0.1) is 23.1 Å². The summed E-state index contributed by atoms with van der Waals surface area (Å²) in [6.45, 7) is 0.466. The average molecular weight is 557 g/mol. The third-order valence-electron chi connectivity index (χ3n) is 6.39. The second-order valence-electron chi connectivity index (χ2n) is 9.03. The molecule has 1 amide bonds. The number of halogens is 6. The number of aryl methyl sites for hydroxylation is 1. The number of fused-ring (bicyclic) bond motifs is 1. The van der Waals surface area contributed by atoms with Gasteiger partial charge in [-0.15, -0.1) is 13.2 Å². The van der Waals surface area contributed by atoms with Gasteiger partial charge < -0.3 is 14.2 Å². The van der Waals surface area contributed by atoms with Gasteiger partial charge in [-0.1, -0.05) is 23.7 Å². The number of aromatic nitrogens is 1. The number of ketones is 2. The summed E-state index contributed by atoms with van der Waals surface area (Å²) in [5.74, 6) is -2.69. The van der Waals surface area contributed by atoms with Gasteiger partial charge in [0.25, 0.3) is 0 Å². The third-order valence-corrected chi connectivity index (χ3v) is 6.68. The summed E-state index contributed by atoms with van der Waals surface area (Å²) >= 11 is 5.77. The molecule has 0 saturated carbocycles. The van der Waals surface area contributed by atoms with Crippen LogP contribution in [0.1, 0.15) is 35.7 Å². The molecular formula is C26H22ClF5N2O4. The zero-order valence-electron chi connectivity index (χ0n) is 20.0. The predicted octanol–water partition coefficient (Wildman–Crippen LogP) is 5.68. The number of rotatable bonds is 8. The van der Waals surface area contributed by atoms with Gasteiger partial charge in [-0.25, -0.2) is 8.78 Å². The third kappa shape index (κ3) is 5.98. The molecule has 1 aromatic heterocycles. The van der Waals surface area contributed by atoms with Crippen LogP contribution < -0.4 is 4.74 Å². The largest absolute Gasteiger partial charge is 0.573 e. The van der Waals surface area contributed by atoms with E-state index < -0.39 is 48.4 Å². The van der Waals surface area contributed by atoms with Crippen LogP contribution in [0.5, 0.6) is 5.75 Å². The molecule has 6 nitrogen and oxygen atoms in total. The van der Waals surface area contributed by atoms with Gasteiger partial charge in [0, 0.05) is 36.1 Å². The summed E-state index contributed by atoms with van der Waals surface area (Å²) in [4.78, 5) is 39.3. The minimum absolute atomic E-state index is 0.00685. The molecular weight excluding hydrogens is 535 g/mol. The zero-order chi connectivity index (χ0) is 27.8. The highest BCUT2D eigenvalue weighted by molar-refractivity contribution is 6.30. The van der Waals surface area contributed by atoms with E-state index in [9.17, 15) is 36.3 Å². The van der Waals surface area contributed by atoms with Crippen LogP contribution in [0, 0.1) is 5.82 Å². The number of carbonyl (C=O) groups excluding carboxylic acids is 3. The number of likely N-dealkylation sites (tertiary alicyclic amines) is 1. The standard InChI is InChI=1S/C26H22ClF5N2O4/c1-14(35)19-12-33(21-10-17(6-7-18(19)21)38-26(30,31)32)13-24(37)34-11-16(28)9-22(34)23(36)8-5-15-3-2-4-20(27)25(15)29/h2-4,6-7,10,12,16,22H,5,8-9,11,13H2,1H3/t16-,22+/m1/s1. The molecule has 0 radical (unpaired) electrons. The Labute approximate surface area is 218 Å². The van der Waals surface area contributed by atoms with E-state index in [1.54, 1.807) is 0 Å². The number of amides is 1. The van der Waals surface area contributed by atoms with E-state index in [0.717, 1.165) is 17.0 Å². The Kier molecular flexibility index (Phi) is 7.78. The number of alkyl halides is 4. The molecule has 2 atom stereocenters. The molecule has 2 aromatic carbocycles. The van der Waals surface area contributed by atoms with E-state index in [2.05, 4.69) is 4.74 Å². The number of hydrogen-bond donors (Lipinski definition) is 0. The number of carbonyl (C=O) groups is 3. The van der Waals surface area contributed by atoms with Crippen LogP contribution in [0.25, 0.3) is 10.9 Å².